The number of aliphatic hydroxyl groups excluding tert-OH is 1. The number of aliphatic hydroxyl groups is 1. The smallest absolute Gasteiger partial charge is 0.0873 e. The number of hydrogen-bond acceptors (Lipinski definition) is 3. The molecule has 3 heteroatoms. The van der Waals surface area contributed by atoms with Crippen molar-refractivity contribution in [3.05, 3.63) is 71.8 Å². The van der Waals surface area contributed by atoms with Crippen LogP contribution in [0.15, 0.2) is 60.7 Å². The standard InChI is InChI=1S/C20H25NO2/c1-3-17-20(22)18(14-23-2)21(17)19(15-10-6-4-7-11-15)16-12-8-5-9-13-16/h4-13,17-20,22H,3,14H2,1-2H3/t17-,18+,20+/m0/s1. The summed E-state index contributed by atoms with van der Waals surface area (Å²) in [4.78, 5) is 2.42. The fourth-order valence-electron chi connectivity index (χ4n) is 3.75. The maximum absolute atomic E-state index is 10.5. The lowest BCUT2D eigenvalue weighted by molar-refractivity contribution is -0.154. The molecule has 3 atom stereocenters. The van der Waals surface area contributed by atoms with Gasteiger partial charge in [-0.25, -0.2) is 0 Å². The Hall–Kier alpha value is -1.68. The van der Waals surface area contributed by atoms with E-state index in [-0.39, 0.29) is 24.2 Å². The van der Waals surface area contributed by atoms with Gasteiger partial charge in [-0.3, -0.25) is 4.90 Å². The van der Waals surface area contributed by atoms with Crippen molar-refractivity contribution >= 4 is 0 Å². The summed E-state index contributed by atoms with van der Waals surface area (Å²) in [5.41, 5.74) is 2.51. The molecule has 3 rings (SSSR count). The van der Waals surface area contributed by atoms with Gasteiger partial charge in [-0.05, 0) is 17.5 Å². The van der Waals surface area contributed by atoms with Crippen molar-refractivity contribution in [2.45, 2.75) is 37.6 Å². The van der Waals surface area contributed by atoms with Crippen LogP contribution < -0.4 is 0 Å². The number of nitrogens with zero attached hydrogens (tertiary/aromatic N) is 1. The van der Waals surface area contributed by atoms with Gasteiger partial charge in [0.15, 0.2) is 0 Å². The van der Waals surface area contributed by atoms with E-state index in [1.165, 1.54) is 11.1 Å². The molecule has 3 nitrogen and oxygen atoms in total. The number of rotatable bonds is 6. The minimum absolute atomic E-state index is 0.0374. The van der Waals surface area contributed by atoms with Crippen molar-refractivity contribution in [1.82, 2.24) is 4.90 Å². The summed E-state index contributed by atoms with van der Waals surface area (Å²) in [6.07, 6.45) is 0.604. The molecule has 23 heavy (non-hydrogen) atoms. The molecule has 0 aromatic heterocycles. The lowest BCUT2D eigenvalue weighted by Crippen LogP contribution is -2.69. The molecule has 1 aliphatic rings. The van der Waals surface area contributed by atoms with Crippen LogP contribution in [0.1, 0.15) is 30.5 Å². The van der Waals surface area contributed by atoms with Gasteiger partial charge in [-0.2, -0.15) is 0 Å². The molecule has 0 amide bonds. The third-order valence-corrected chi connectivity index (χ3v) is 4.84. The minimum Gasteiger partial charge on any atom is -0.390 e. The predicted molar refractivity (Wildman–Crippen MR) is 92.3 cm³/mol. The van der Waals surface area contributed by atoms with Gasteiger partial charge in [0.2, 0.25) is 0 Å². The third kappa shape index (κ3) is 3.05. The molecule has 1 aliphatic heterocycles. The van der Waals surface area contributed by atoms with Crippen LogP contribution in [0.3, 0.4) is 0 Å². The van der Waals surface area contributed by atoms with E-state index in [9.17, 15) is 5.11 Å². The fraction of sp³-hybridized carbons (Fsp3) is 0.400. The highest BCUT2D eigenvalue weighted by Gasteiger charge is 2.50. The molecule has 0 unspecified atom stereocenters. The van der Waals surface area contributed by atoms with Crippen LogP contribution in [0.5, 0.6) is 0 Å². The Kier molecular flexibility index (Phi) is 5.11. The Morgan fingerprint density at radius 2 is 1.48 bits per heavy atom. The average Bonchev–Trinajstić information content (AvgIpc) is 2.61. The van der Waals surface area contributed by atoms with Gasteiger partial charge in [-0.15, -0.1) is 0 Å². The Bertz CT molecular complexity index is 562. The van der Waals surface area contributed by atoms with E-state index in [1.54, 1.807) is 7.11 Å². The highest BCUT2D eigenvalue weighted by Crippen LogP contribution is 2.41. The topological polar surface area (TPSA) is 32.7 Å². The summed E-state index contributed by atoms with van der Waals surface area (Å²) < 4.78 is 5.36. The lowest BCUT2D eigenvalue weighted by atomic mass is 9.82. The molecule has 0 saturated carbocycles. The zero-order valence-corrected chi connectivity index (χ0v) is 13.8. The highest BCUT2D eigenvalue weighted by molar-refractivity contribution is 5.33. The van der Waals surface area contributed by atoms with E-state index in [0.29, 0.717) is 6.61 Å². The van der Waals surface area contributed by atoms with Crippen molar-refractivity contribution in [3.63, 3.8) is 0 Å². The van der Waals surface area contributed by atoms with E-state index >= 15 is 0 Å². The van der Waals surface area contributed by atoms with Crippen LogP contribution in [0.4, 0.5) is 0 Å². The van der Waals surface area contributed by atoms with Crippen molar-refractivity contribution < 1.29 is 9.84 Å². The number of likely N-dealkylation sites (tertiary alicyclic amines) is 1. The van der Waals surface area contributed by atoms with E-state index in [4.69, 9.17) is 4.74 Å². The molecule has 1 N–H and O–H groups in total. The maximum Gasteiger partial charge on any atom is 0.0873 e. The Morgan fingerprint density at radius 3 is 1.91 bits per heavy atom. The van der Waals surface area contributed by atoms with E-state index in [2.05, 4.69) is 60.4 Å². The summed E-state index contributed by atoms with van der Waals surface area (Å²) in [7, 11) is 1.70. The average molecular weight is 311 g/mol. The third-order valence-electron chi connectivity index (χ3n) is 4.84. The minimum atomic E-state index is -0.324. The summed E-state index contributed by atoms with van der Waals surface area (Å²) in [5, 5.41) is 10.5. The molecule has 1 heterocycles. The first-order chi connectivity index (χ1) is 11.3. The molecule has 0 radical (unpaired) electrons. The summed E-state index contributed by atoms with van der Waals surface area (Å²) in [6.45, 7) is 2.69. The second kappa shape index (κ2) is 7.26. The number of ether oxygens (including phenoxy) is 1. The summed E-state index contributed by atoms with van der Waals surface area (Å²) in [5.74, 6) is 0. The molecule has 0 bridgehead atoms. The van der Waals surface area contributed by atoms with Gasteiger partial charge in [-0.1, -0.05) is 67.6 Å². The number of benzene rings is 2. The molecule has 2 aromatic carbocycles. The zero-order valence-electron chi connectivity index (χ0n) is 13.8. The van der Waals surface area contributed by atoms with Gasteiger partial charge in [0.1, 0.15) is 0 Å². The van der Waals surface area contributed by atoms with Gasteiger partial charge in [0.25, 0.3) is 0 Å². The molecule has 0 aliphatic carbocycles. The lowest BCUT2D eigenvalue weighted by Gasteiger charge is -2.56. The van der Waals surface area contributed by atoms with Crippen LogP contribution in [0, 0.1) is 0 Å². The Labute approximate surface area is 138 Å². The van der Waals surface area contributed by atoms with Gasteiger partial charge in [0, 0.05) is 13.2 Å². The fourth-order valence-corrected chi connectivity index (χ4v) is 3.75. The number of hydrogen-bond donors (Lipinski definition) is 1. The highest BCUT2D eigenvalue weighted by atomic mass is 16.5. The van der Waals surface area contributed by atoms with E-state index in [1.807, 2.05) is 12.1 Å². The van der Waals surface area contributed by atoms with E-state index < -0.39 is 0 Å². The van der Waals surface area contributed by atoms with Crippen molar-refractivity contribution in [3.8, 4) is 0 Å². The Balaban J connectivity index is 2.01. The molecule has 1 fully saturated rings. The zero-order chi connectivity index (χ0) is 16.2. The normalized spacial score (nSPS) is 24.6. The summed E-state index contributed by atoms with van der Waals surface area (Å²) in [6, 6.07) is 21.4. The number of methoxy groups -OCH3 is 1. The van der Waals surface area contributed by atoms with Gasteiger partial charge < -0.3 is 9.84 Å². The van der Waals surface area contributed by atoms with Crippen LogP contribution in [0.2, 0.25) is 0 Å². The quantitative estimate of drug-likeness (QED) is 0.889. The first-order valence-electron chi connectivity index (χ1n) is 8.32. The first-order valence-corrected chi connectivity index (χ1v) is 8.32. The van der Waals surface area contributed by atoms with E-state index in [0.717, 1.165) is 6.42 Å². The first kappa shape index (κ1) is 16.2. The molecule has 0 spiro atoms. The van der Waals surface area contributed by atoms with Gasteiger partial charge in [0.05, 0.1) is 24.8 Å². The van der Waals surface area contributed by atoms with Crippen LogP contribution in [0.25, 0.3) is 0 Å². The van der Waals surface area contributed by atoms with Crippen LogP contribution in [-0.4, -0.2) is 41.9 Å². The molecular weight excluding hydrogens is 286 g/mol. The van der Waals surface area contributed by atoms with Crippen molar-refractivity contribution in [2.75, 3.05) is 13.7 Å². The molecule has 122 valence electrons. The largest absolute Gasteiger partial charge is 0.390 e. The predicted octanol–water partition coefficient (Wildman–Crippen LogP) is 3.25. The van der Waals surface area contributed by atoms with Crippen molar-refractivity contribution in [2.24, 2.45) is 0 Å². The van der Waals surface area contributed by atoms with Gasteiger partial charge >= 0.3 is 0 Å². The summed E-state index contributed by atoms with van der Waals surface area (Å²) >= 11 is 0. The monoisotopic (exact) mass is 311 g/mol. The maximum atomic E-state index is 10.5. The molecular formula is C20H25NO2. The van der Waals surface area contributed by atoms with Crippen molar-refractivity contribution in [1.29, 1.82) is 0 Å². The van der Waals surface area contributed by atoms with Crippen LogP contribution in [-0.2, 0) is 4.74 Å². The molecule has 2 aromatic rings. The second-order valence-electron chi connectivity index (χ2n) is 6.16. The van der Waals surface area contributed by atoms with Crippen LogP contribution >= 0.6 is 0 Å². The molecule has 1 saturated heterocycles. The Morgan fingerprint density at radius 1 is 0.957 bits per heavy atom. The second-order valence-corrected chi connectivity index (χ2v) is 6.16. The SMILES string of the molecule is CC[C@H]1[C@@H](O)[C@@H](COC)N1C(c1ccccc1)c1ccccc1.